The van der Waals surface area contributed by atoms with Crippen LogP contribution in [0.25, 0.3) is 0 Å². The fraction of sp³-hybridized carbons (Fsp3) is 0.476. The quantitative estimate of drug-likeness (QED) is 0.606. The van der Waals surface area contributed by atoms with Crippen molar-refractivity contribution < 1.29 is 17.6 Å². The van der Waals surface area contributed by atoms with Crippen molar-refractivity contribution in [2.75, 3.05) is 36.4 Å². The van der Waals surface area contributed by atoms with E-state index in [4.69, 9.17) is 4.42 Å². The van der Waals surface area contributed by atoms with Gasteiger partial charge in [-0.3, -0.25) is 4.79 Å². The minimum absolute atomic E-state index is 0.170. The molecule has 0 aliphatic carbocycles. The molecule has 1 aliphatic rings. The number of aryl methyl sites for hydroxylation is 2. The van der Waals surface area contributed by atoms with Crippen LogP contribution in [0.2, 0.25) is 0 Å². The highest BCUT2D eigenvalue weighted by Gasteiger charge is 2.26. The van der Waals surface area contributed by atoms with Gasteiger partial charge in [-0.2, -0.15) is 4.31 Å². The molecule has 1 saturated heterocycles. The van der Waals surface area contributed by atoms with Gasteiger partial charge in [-0.25, -0.2) is 8.42 Å². The van der Waals surface area contributed by atoms with Crippen molar-refractivity contribution in [1.29, 1.82) is 0 Å². The third kappa shape index (κ3) is 4.29. The lowest BCUT2D eigenvalue weighted by molar-refractivity contribution is 0.102. The second kappa shape index (κ2) is 9.11. The van der Waals surface area contributed by atoms with Crippen LogP contribution in [0.1, 0.15) is 48.6 Å². The lowest BCUT2D eigenvalue weighted by atomic mass is 10.2. The van der Waals surface area contributed by atoms with Crippen molar-refractivity contribution in [3.8, 4) is 0 Å². The monoisotopic (exact) mass is 497 g/mol. The van der Waals surface area contributed by atoms with E-state index in [9.17, 15) is 13.2 Å². The van der Waals surface area contributed by atoms with Crippen LogP contribution in [0.15, 0.2) is 32.0 Å². The molecule has 3 rings (SSSR count). The molecule has 9 heteroatoms. The molecule has 30 heavy (non-hydrogen) atoms. The Bertz CT molecular complexity index is 1040. The van der Waals surface area contributed by atoms with Gasteiger partial charge in [-0.1, -0.05) is 13.8 Å². The Labute approximate surface area is 186 Å². The zero-order valence-electron chi connectivity index (χ0n) is 17.8. The number of sulfonamides is 1. The minimum atomic E-state index is -3.64. The Balaban J connectivity index is 2.04. The van der Waals surface area contributed by atoms with Crippen LogP contribution in [-0.4, -0.2) is 44.8 Å². The number of amides is 1. The molecule has 1 aromatic carbocycles. The summed E-state index contributed by atoms with van der Waals surface area (Å²) in [5.74, 6) is 0.788. The van der Waals surface area contributed by atoms with Crippen LogP contribution in [0.3, 0.4) is 0 Å². The molecular weight excluding hydrogens is 470 g/mol. The van der Waals surface area contributed by atoms with E-state index < -0.39 is 10.0 Å². The molecule has 0 unspecified atom stereocenters. The molecule has 0 radical (unpaired) electrons. The van der Waals surface area contributed by atoms with E-state index in [0.717, 1.165) is 31.6 Å². The van der Waals surface area contributed by atoms with Crippen molar-refractivity contribution in [3.63, 3.8) is 0 Å². The SMILES string of the molecule is CCN(CC)S(=O)(=O)c1ccc(N2CCCC2)c(NC(=O)c2c(C)oc(C)c2Br)c1. The first kappa shape index (κ1) is 22.8. The third-order valence-electron chi connectivity index (χ3n) is 5.42. The highest BCUT2D eigenvalue weighted by atomic mass is 79.9. The molecule has 0 bridgehead atoms. The topological polar surface area (TPSA) is 82.9 Å². The van der Waals surface area contributed by atoms with Gasteiger partial charge in [0.2, 0.25) is 10.0 Å². The molecule has 7 nitrogen and oxygen atoms in total. The average Bonchev–Trinajstić information content (AvgIpc) is 3.31. The molecule has 0 atom stereocenters. The third-order valence-corrected chi connectivity index (χ3v) is 8.42. The summed E-state index contributed by atoms with van der Waals surface area (Å²) in [5.41, 5.74) is 1.73. The van der Waals surface area contributed by atoms with E-state index in [1.54, 1.807) is 32.0 Å². The van der Waals surface area contributed by atoms with Crippen molar-refractivity contribution in [3.05, 3.63) is 39.8 Å². The molecule has 0 spiro atoms. The van der Waals surface area contributed by atoms with Gasteiger partial charge in [0.05, 0.1) is 26.3 Å². The molecule has 2 heterocycles. The van der Waals surface area contributed by atoms with Crippen LogP contribution in [0, 0.1) is 13.8 Å². The molecule has 1 N–H and O–H groups in total. The zero-order chi connectivity index (χ0) is 22.1. The molecule has 164 valence electrons. The summed E-state index contributed by atoms with van der Waals surface area (Å²) in [6, 6.07) is 4.98. The van der Waals surface area contributed by atoms with Crippen molar-refractivity contribution >= 4 is 43.2 Å². The summed E-state index contributed by atoms with van der Waals surface area (Å²) >= 11 is 3.42. The van der Waals surface area contributed by atoms with Crippen molar-refractivity contribution in [2.45, 2.75) is 45.4 Å². The number of nitrogens with zero attached hydrogens (tertiary/aromatic N) is 2. The Kier molecular flexibility index (Phi) is 6.94. The highest BCUT2D eigenvalue weighted by Crippen LogP contribution is 2.34. The number of anilines is 2. The minimum Gasteiger partial charge on any atom is -0.465 e. The number of hydrogen-bond acceptors (Lipinski definition) is 5. The number of nitrogens with one attached hydrogen (secondary N) is 1. The largest absolute Gasteiger partial charge is 0.465 e. The first-order chi connectivity index (χ1) is 14.2. The van der Waals surface area contributed by atoms with E-state index >= 15 is 0 Å². The van der Waals surface area contributed by atoms with Gasteiger partial charge in [0.25, 0.3) is 5.91 Å². The summed E-state index contributed by atoms with van der Waals surface area (Å²) in [4.78, 5) is 15.4. The molecule has 1 aliphatic heterocycles. The van der Waals surface area contributed by atoms with Crippen LogP contribution in [-0.2, 0) is 10.0 Å². The first-order valence-electron chi connectivity index (χ1n) is 10.2. The predicted octanol–water partition coefficient (Wildman–Crippen LogP) is 4.54. The summed E-state index contributed by atoms with van der Waals surface area (Å²) < 4.78 is 33.6. The number of hydrogen-bond donors (Lipinski definition) is 1. The Morgan fingerprint density at radius 3 is 2.33 bits per heavy atom. The van der Waals surface area contributed by atoms with Gasteiger partial charge in [-0.05, 0) is 60.8 Å². The highest BCUT2D eigenvalue weighted by molar-refractivity contribution is 9.10. The van der Waals surface area contributed by atoms with Gasteiger partial charge >= 0.3 is 0 Å². The normalized spacial score (nSPS) is 14.5. The van der Waals surface area contributed by atoms with E-state index in [2.05, 4.69) is 26.1 Å². The lowest BCUT2D eigenvalue weighted by Gasteiger charge is -2.24. The standard InChI is InChI=1S/C21H28BrN3O4S/c1-5-25(6-2)30(27,28)16-9-10-18(24-11-7-8-12-24)17(13-16)23-21(26)19-14(3)29-15(4)20(19)22/h9-10,13H,5-8,11-12H2,1-4H3,(H,23,26). The molecular formula is C21H28BrN3O4S. The predicted molar refractivity (Wildman–Crippen MR) is 122 cm³/mol. The fourth-order valence-electron chi connectivity index (χ4n) is 3.82. The number of rotatable bonds is 7. The van der Waals surface area contributed by atoms with E-state index in [1.165, 1.54) is 4.31 Å². The first-order valence-corrected chi connectivity index (χ1v) is 12.4. The zero-order valence-corrected chi connectivity index (χ0v) is 20.2. The fourth-order valence-corrected chi connectivity index (χ4v) is 5.85. The van der Waals surface area contributed by atoms with Crippen molar-refractivity contribution in [2.24, 2.45) is 0 Å². The average molecular weight is 498 g/mol. The van der Waals surface area contributed by atoms with Gasteiger partial charge < -0.3 is 14.6 Å². The Morgan fingerprint density at radius 2 is 1.80 bits per heavy atom. The van der Waals surface area contributed by atoms with Crippen LogP contribution in [0.5, 0.6) is 0 Å². The van der Waals surface area contributed by atoms with E-state index in [1.807, 2.05) is 13.8 Å². The van der Waals surface area contributed by atoms with Crippen molar-refractivity contribution in [1.82, 2.24) is 4.31 Å². The summed E-state index contributed by atoms with van der Waals surface area (Å²) in [6.07, 6.45) is 2.14. The van der Waals surface area contributed by atoms with Crippen LogP contribution in [0.4, 0.5) is 11.4 Å². The maximum absolute atomic E-state index is 13.1. The maximum Gasteiger partial charge on any atom is 0.260 e. The molecule has 1 amide bonds. The molecule has 2 aromatic rings. The van der Waals surface area contributed by atoms with Crippen LogP contribution < -0.4 is 10.2 Å². The Morgan fingerprint density at radius 1 is 1.17 bits per heavy atom. The summed E-state index contributed by atoms with van der Waals surface area (Å²) in [5, 5.41) is 2.93. The number of halogens is 1. The summed E-state index contributed by atoms with van der Waals surface area (Å²) in [7, 11) is -3.64. The van der Waals surface area contributed by atoms with Gasteiger partial charge in [-0.15, -0.1) is 0 Å². The number of furan rings is 1. The number of benzene rings is 1. The van der Waals surface area contributed by atoms with E-state index in [-0.39, 0.29) is 10.8 Å². The van der Waals surface area contributed by atoms with Gasteiger partial charge in [0, 0.05) is 26.2 Å². The van der Waals surface area contributed by atoms with E-state index in [0.29, 0.717) is 40.3 Å². The smallest absolute Gasteiger partial charge is 0.260 e. The number of carbonyl (C=O) groups is 1. The summed E-state index contributed by atoms with van der Waals surface area (Å²) in [6.45, 7) is 9.64. The molecule has 1 fully saturated rings. The maximum atomic E-state index is 13.1. The van der Waals surface area contributed by atoms with Crippen LogP contribution >= 0.6 is 15.9 Å². The molecule has 1 aromatic heterocycles. The van der Waals surface area contributed by atoms with Gasteiger partial charge in [0.1, 0.15) is 11.5 Å². The second-order valence-electron chi connectivity index (χ2n) is 7.32. The molecule has 0 saturated carbocycles. The second-order valence-corrected chi connectivity index (χ2v) is 10.1. The Hall–Kier alpha value is -1.84. The van der Waals surface area contributed by atoms with Gasteiger partial charge in [0.15, 0.2) is 0 Å². The lowest BCUT2D eigenvalue weighted by Crippen LogP contribution is -2.31. The number of carbonyl (C=O) groups excluding carboxylic acids is 1.